The number of fused-ring (bicyclic) bond motifs is 1. The highest BCUT2D eigenvalue weighted by atomic mass is 16.3. The molecular weight excluding hydrogens is 200 g/mol. The van der Waals surface area contributed by atoms with Crippen LogP contribution in [-0.4, -0.2) is 5.78 Å². The van der Waals surface area contributed by atoms with E-state index in [1.807, 2.05) is 31.2 Å². The van der Waals surface area contributed by atoms with Crippen molar-refractivity contribution in [1.82, 2.24) is 0 Å². The summed E-state index contributed by atoms with van der Waals surface area (Å²) in [5.74, 6) is 1.06. The first-order valence-electron chi connectivity index (χ1n) is 5.47. The first kappa shape index (κ1) is 9.40. The van der Waals surface area contributed by atoms with E-state index in [1.54, 1.807) is 6.26 Å². The molecule has 0 radical (unpaired) electrons. The molecule has 1 aromatic heterocycles. The SMILES string of the molecule is Cc1ccoc1-c1cccc2c1C(=O)CC2. The molecule has 1 aliphatic rings. The third-order valence-corrected chi connectivity index (χ3v) is 3.16. The largest absolute Gasteiger partial charge is 0.464 e. The molecule has 0 atom stereocenters. The van der Waals surface area contributed by atoms with Crippen LogP contribution in [0.25, 0.3) is 11.3 Å². The predicted octanol–water partition coefficient (Wildman–Crippen LogP) is 3.38. The molecule has 2 aromatic rings. The number of carbonyl (C=O) groups excluding carboxylic acids is 1. The lowest BCUT2D eigenvalue weighted by Crippen LogP contribution is -1.95. The summed E-state index contributed by atoms with van der Waals surface area (Å²) < 4.78 is 5.47. The summed E-state index contributed by atoms with van der Waals surface area (Å²) in [7, 11) is 0. The molecule has 0 saturated heterocycles. The lowest BCUT2D eigenvalue weighted by molar-refractivity contribution is 0.0995. The molecule has 0 bridgehead atoms. The van der Waals surface area contributed by atoms with Gasteiger partial charge in [-0.15, -0.1) is 0 Å². The molecule has 80 valence electrons. The Morgan fingerprint density at radius 2 is 2.06 bits per heavy atom. The summed E-state index contributed by atoms with van der Waals surface area (Å²) >= 11 is 0. The smallest absolute Gasteiger partial charge is 0.164 e. The lowest BCUT2D eigenvalue weighted by Gasteiger charge is -2.05. The fourth-order valence-corrected chi connectivity index (χ4v) is 2.35. The Morgan fingerprint density at radius 3 is 2.81 bits per heavy atom. The average molecular weight is 212 g/mol. The van der Waals surface area contributed by atoms with Crippen molar-refractivity contribution in [3.8, 4) is 11.3 Å². The van der Waals surface area contributed by atoms with Crippen LogP contribution in [0.1, 0.15) is 27.9 Å². The van der Waals surface area contributed by atoms with Gasteiger partial charge in [-0.2, -0.15) is 0 Å². The second kappa shape index (κ2) is 3.34. The highest BCUT2D eigenvalue weighted by Crippen LogP contribution is 2.34. The monoisotopic (exact) mass is 212 g/mol. The summed E-state index contributed by atoms with van der Waals surface area (Å²) in [5, 5.41) is 0. The molecule has 0 aliphatic heterocycles. The molecule has 0 fully saturated rings. The molecule has 16 heavy (non-hydrogen) atoms. The van der Waals surface area contributed by atoms with E-state index >= 15 is 0 Å². The summed E-state index contributed by atoms with van der Waals surface area (Å²) in [6.07, 6.45) is 3.16. The van der Waals surface area contributed by atoms with Crippen molar-refractivity contribution in [3.05, 3.63) is 47.2 Å². The summed E-state index contributed by atoms with van der Waals surface area (Å²) in [6.45, 7) is 2.00. The van der Waals surface area contributed by atoms with Gasteiger partial charge in [0.25, 0.3) is 0 Å². The Morgan fingerprint density at radius 1 is 1.19 bits per heavy atom. The van der Waals surface area contributed by atoms with E-state index in [4.69, 9.17) is 4.42 Å². The summed E-state index contributed by atoms with van der Waals surface area (Å²) in [6, 6.07) is 7.92. The van der Waals surface area contributed by atoms with E-state index in [0.717, 1.165) is 34.4 Å². The van der Waals surface area contributed by atoms with Crippen LogP contribution < -0.4 is 0 Å². The first-order chi connectivity index (χ1) is 7.77. The maximum absolute atomic E-state index is 11.9. The van der Waals surface area contributed by atoms with Gasteiger partial charge in [-0.05, 0) is 30.5 Å². The van der Waals surface area contributed by atoms with Crippen LogP contribution >= 0.6 is 0 Å². The molecule has 3 rings (SSSR count). The van der Waals surface area contributed by atoms with Gasteiger partial charge in [0.15, 0.2) is 5.78 Å². The molecule has 0 N–H and O–H groups in total. The van der Waals surface area contributed by atoms with Crippen LogP contribution in [-0.2, 0) is 6.42 Å². The van der Waals surface area contributed by atoms with Crippen molar-refractivity contribution >= 4 is 5.78 Å². The number of Topliss-reactive ketones (excluding diaryl/α,β-unsaturated/α-hetero) is 1. The first-order valence-corrected chi connectivity index (χ1v) is 5.47. The third kappa shape index (κ3) is 1.23. The Bertz CT molecular complexity index is 564. The van der Waals surface area contributed by atoms with Gasteiger partial charge in [0, 0.05) is 17.5 Å². The van der Waals surface area contributed by atoms with Crippen molar-refractivity contribution < 1.29 is 9.21 Å². The van der Waals surface area contributed by atoms with Crippen LogP contribution in [0.3, 0.4) is 0 Å². The number of carbonyl (C=O) groups is 1. The molecule has 2 heteroatoms. The van der Waals surface area contributed by atoms with Crippen molar-refractivity contribution in [2.75, 3.05) is 0 Å². The van der Waals surface area contributed by atoms with Gasteiger partial charge in [0.1, 0.15) is 5.76 Å². The normalized spacial score (nSPS) is 14.2. The predicted molar refractivity (Wildman–Crippen MR) is 61.5 cm³/mol. The number of ketones is 1. The zero-order valence-electron chi connectivity index (χ0n) is 9.12. The highest BCUT2D eigenvalue weighted by molar-refractivity contribution is 6.05. The van der Waals surface area contributed by atoms with Gasteiger partial charge in [-0.3, -0.25) is 4.79 Å². The Labute approximate surface area is 93.9 Å². The minimum atomic E-state index is 0.237. The number of hydrogen-bond donors (Lipinski definition) is 0. The van der Waals surface area contributed by atoms with Gasteiger partial charge in [-0.1, -0.05) is 18.2 Å². The van der Waals surface area contributed by atoms with E-state index < -0.39 is 0 Å². The van der Waals surface area contributed by atoms with E-state index in [0.29, 0.717) is 6.42 Å². The third-order valence-electron chi connectivity index (χ3n) is 3.16. The van der Waals surface area contributed by atoms with Crippen LogP contribution in [0.4, 0.5) is 0 Å². The lowest BCUT2D eigenvalue weighted by atomic mass is 9.99. The molecule has 0 saturated carbocycles. The van der Waals surface area contributed by atoms with Gasteiger partial charge < -0.3 is 4.42 Å². The van der Waals surface area contributed by atoms with Crippen molar-refractivity contribution in [1.29, 1.82) is 0 Å². The van der Waals surface area contributed by atoms with Crippen LogP contribution in [0.2, 0.25) is 0 Å². The molecular formula is C14H12O2. The zero-order valence-corrected chi connectivity index (χ0v) is 9.12. The Balaban J connectivity index is 2.27. The summed E-state index contributed by atoms with van der Waals surface area (Å²) in [4.78, 5) is 11.9. The van der Waals surface area contributed by atoms with Crippen molar-refractivity contribution in [2.24, 2.45) is 0 Å². The number of aryl methyl sites for hydroxylation is 2. The minimum absolute atomic E-state index is 0.237. The molecule has 0 unspecified atom stereocenters. The fourth-order valence-electron chi connectivity index (χ4n) is 2.35. The van der Waals surface area contributed by atoms with Crippen molar-refractivity contribution in [3.63, 3.8) is 0 Å². The topological polar surface area (TPSA) is 30.2 Å². The van der Waals surface area contributed by atoms with E-state index in [2.05, 4.69) is 0 Å². The van der Waals surface area contributed by atoms with Crippen LogP contribution in [0.5, 0.6) is 0 Å². The Kier molecular flexibility index (Phi) is 1.96. The zero-order chi connectivity index (χ0) is 11.1. The van der Waals surface area contributed by atoms with Gasteiger partial charge in [-0.25, -0.2) is 0 Å². The van der Waals surface area contributed by atoms with Crippen molar-refractivity contribution in [2.45, 2.75) is 19.8 Å². The van der Waals surface area contributed by atoms with E-state index in [9.17, 15) is 4.79 Å². The number of furan rings is 1. The average Bonchev–Trinajstić information content (AvgIpc) is 2.86. The second-order valence-corrected chi connectivity index (χ2v) is 4.20. The summed E-state index contributed by atoms with van der Waals surface area (Å²) in [5.41, 5.74) is 4.04. The maximum atomic E-state index is 11.9. The molecule has 1 aliphatic carbocycles. The molecule has 1 aromatic carbocycles. The van der Waals surface area contributed by atoms with E-state index in [-0.39, 0.29) is 5.78 Å². The molecule has 0 amide bonds. The Hall–Kier alpha value is -1.83. The molecule has 1 heterocycles. The fraction of sp³-hybridized carbons (Fsp3) is 0.214. The second-order valence-electron chi connectivity index (χ2n) is 4.20. The maximum Gasteiger partial charge on any atom is 0.164 e. The van der Waals surface area contributed by atoms with Gasteiger partial charge >= 0.3 is 0 Å². The number of hydrogen-bond acceptors (Lipinski definition) is 2. The minimum Gasteiger partial charge on any atom is -0.464 e. The van der Waals surface area contributed by atoms with Crippen LogP contribution in [0.15, 0.2) is 34.9 Å². The highest BCUT2D eigenvalue weighted by Gasteiger charge is 2.24. The van der Waals surface area contributed by atoms with Gasteiger partial charge in [0.2, 0.25) is 0 Å². The van der Waals surface area contributed by atoms with Crippen LogP contribution in [0, 0.1) is 6.92 Å². The number of benzene rings is 1. The quantitative estimate of drug-likeness (QED) is 0.725. The van der Waals surface area contributed by atoms with E-state index in [1.165, 1.54) is 0 Å². The van der Waals surface area contributed by atoms with Gasteiger partial charge in [0.05, 0.1) is 6.26 Å². The number of rotatable bonds is 1. The molecule has 0 spiro atoms. The standard InChI is InChI=1S/C14H12O2/c1-9-7-8-16-14(9)11-4-2-3-10-5-6-12(15)13(10)11/h2-4,7-8H,5-6H2,1H3. The molecule has 2 nitrogen and oxygen atoms in total.